The summed E-state index contributed by atoms with van der Waals surface area (Å²) in [4.78, 5) is 17.0. The van der Waals surface area contributed by atoms with Crippen LogP contribution in [-0.4, -0.2) is 25.2 Å². The number of fused-ring (bicyclic) bond motifs is 4. The quantitative estimate of drug-likeness (QED) is 0.263. The van der Waals surface area contributed by atoms with Crippen LogP contribution in [0.3, 0.4) is 0 Å². The summed E-state index contributed by atoms with van der Waals surface area (Å²) in [5, 5.41) is 11.0. The van der Waals surface area contributed by atoms with Gasteiger partial charge in [0.05, 0.1) is 28.3 Å². The Labute approximate surface area is 230 Å². The van der Waals surface area contributed by atoms with Gasteiger partial charge in [-0.25, -0.2) is 0 Å². The fraction of sp³-hybridized carbons (Fsp3) is 0.0606. The Morgan fingerprint density at radius 1 is 0.900 bits per heavy atom. The normalized spacial score (nSPS) is 11.4. The molecule has 0 atom stereocenters. The molecule has 0 spiro atoms. The first-order valence-electron chi connectivity index (χ1n) is 13.1. The van der Waals surface area contributed by atoms with E-state index in [2.05, 4.69) is 63.5 Å². The van der Waals surface area contributed by atoms with Crippen molar-refractivity contribution in [2.24, 2.45) is 12.8 Å². The molecule has 3 N–H and O–H groups in total. The third-order valence-corrected chi connectivity index (χ3v) is 7.37. The molecule has 0 aliphatic rings. The molecule has 7 heteroatoms. The molecular formula is C33H26N6O. The van der Waals surface area contributed by atoms with E-state index in [-0.39, 0.29) is 0 Å². The van der Waals surface area contributed by atoms with Crippen molar-refractivity contribution in [3.63, 3.8) is 0 Å². The lowest BCUT2D eigenvalue weighted by Gasteiger charge is -2.14. The van der Waals surface area contributed by atoms with Gasteiger partial charge in [-0.3, -0.25) is 14.5 Å². The zero-order valence-electron chi connectivity index (χ0n) is 21.9. The van der Waals surface area contributed by atoms with Gasteiger partial charge in [0.1, 0.15) is 0 Å². The number of anilines is 1. The Kier molecular flexibility index (Phi) is 5.56. The minimum absolute atomic E-state index is 0.441. The number of pyridine rings is 1. The van der Waals surface area contributed by atoms with Gasteiger partial charge in [0, 0.05) is 64.6 Å². The molecule has 7 rings (SSSR count). The van der Waals surface area contributed by atoms with E-state index in [0.29, 0.717) is 17.8 Å². The van der Waals surface area contributed by atoms with Gasteiger partial charge in [-0.05, 0) is 48.0 Å². The Morgan fingerprint density at radius 3 is 2.58 bits per heavy atom. The average Bonchev–Trinajstić information content (AvgIpc) is 3.56. The van der Waals surface area contributed by atoms with Gasteiger partial charge in [0.15, 0.2) is 0 Å². The molecule has 4 aromatic carbocycles. The fourth-order valence-electron chi connectivity index (χ4n) is 5.55. The Hall–Kier alpha value is -5.43. The van der Waals surface area contributed by atoms with Crippen molar-refractivity contribution in [1.82, 2.24) is 19.3 Å². The van der Waals surface area contributed by atoms with E-state index in [1.807, 2.05) is 55.8 Å². The van der Waals surface area contributed by atoms with Crippen LogP contribution in [0.4, 0.5) is 5.69 Å². The molecular weight excluding hydrogens is 496 g/mol. The number of nitrogens with one attached hydrogen (secondary N) is 1. The lowest BCUT2D eigenvalue weighted by atomic mass is 9.99. The third kappa shape index (κ3) is 3.96. The number of carbonyl (C=O) groups excluding carboxylic acids is 1. The highest BCUT2D eigenvalue weighted by atomic mass is 16.1. The number of hydrogen-bond donors (Lipinski definition) is 2. The van der Waals surface area contributed by atoms with Crippen molar-refractivity contribution in [2.45, 2.75) is 6.54 Å². The third-order valence-electron chi connectivity index (χ3n) is 7.37. The van der Waals surface area contributed by atoms with Gasteiger partial charge in [-0.15, -0.1) is 0 Å². The molecule has 3 heterocycles. The molecule has 3 aromatic heterocycles. The Morgan fingerprint density at radius 2 is 1.73 bits per heavy atom. The Bertz CT molecular complexity index is 2070. The summed E-state index contributed by atoms with van der Waals surface area (Å²) in [6.45, 7) is 0.518. The van der Waals surface area contributed by atoms with Gasteiger partial charge in [0.25, 0.3) is 5.91 Å². The molecule has 0 unspecified atom stereocenters. The first kappa shape index (κ1) is 23.7. The van der Waals surface area contributed by atoms with E-state index >= 15 is 0 Å². The predicted molar refractivity (Wildman–Crippen MR) is 161 cm³/mol. The van der Waals surface area contributed by atoms with E-state index in [9.17, 15) is 4.79 Å². The number of primary amides is 1. The fourth-order valence-corrected chi connectivity index (χ4v) is 5.55. The highest BCUT2D eigenvalue weighted by molar-refractivity contribution is 6.16. The van der Waals surface area contributed by atoms with Crippen LogP contribution < -0.4 is 11.1 Å². The summed E-state index contributed by atoms with van der Waals surface area (Å²) in [7, 11) is 1.88. The van der Waals surface area contributed by atoms with Gasteiger partial charge >= 0.3 is 0 Å². The highest BCUT2D eigenvalue weighted by Crippen LogP contribution is 2.39. The lowest BCUT2D eigenvalue weighted by Crippen LogP contribution is -2.15. The monoisotopic (exact) mass is 522 g/mol. The zero-order chi connectivity index (χ0) is 27.2. The molecule has 0 aliphatic carbocycles. The van der Waals surface area contributed by atoms with Crippen LogP contribution in [-0.2, 0) is 13.6 Å². The van der Waals surface area contributed by atoms with Crippen LogP contribution in [0.1, 0.15) is 15.9 Å². The Balaban J connectivity index is 1.42. The minimum atomic E-state index is -0.478. The average molecular weight is 523 g/mol. The molecule has 40 heavy (non-hydrogen) atoms. The molecule has 0 saturated carbocycles. The summed E-state index contributed by atoms with van der Waals surface area (Å²) in [6, 6.07) is 30.9. The number of aromatic nitrogens is 4. The van der Waals surface area contributed by atoms with Gasteiger partial charge in [0.2, 0.25) is 0 Å². The molecule has 0 saturated heterocycles. The summed E-state index contributed by atoms with van der Waals surface area (Å²) in [5.74, 6) is -0.478. The first-order chi connectivity index (χ1) is 19.6. The van der Waals surface area contributed by atoms with Crippen LogP contribution >= 0.6 is 0 Å². The molecule has 7 aromatic rings. The smallest absolute Gasteiger partial charge is 0.250 e. The number of hydrogen-bond acceptors (Lipinski definition) is 4. The van der Waals surface area contributed by atoms with E-state index in [4.69, 9.17) is 10.7 Å². The molecule has 0 aliphatic heterocycles. The van der Waals surface area contributed by atoms with Crippen LogP contribution in [0.15, 0.2) is 110 Å². The van der Waals surface area contributed by atoms with Crippen molar-refractivity contribution in [3.05, 3.63) is 121 Å². The number of benzene rings is 4. The number of amides is 1. The number of carbonyl (C=O) groups is 1. The molecule has 0 fully saturated rings. The van der Waals surface area contributed by atoms with Gasteiger partial charge in [-0.2, -0.15) is 5.10 Å². The second kappa shape index (κ2) is 9.39. The number of nitrogens with two attached hydrogens (primary N) is 1. The molecule has 1 amide bonds. The van der Waals surface area contributed by atoms with E-state index in [1.54, 1.807) is 16.9 Å². The predicted octanol–water partition coefficient (Wildman–Crippen LogP) is 6.44. The summed E-state index contributed by atoms with van der Waals surface area (Å²) < 4.78 is 3.99. The topological polar surface area (TPSA) is 90.8 Å². The number of nitrogens with zero attached hydrogens (tertiary/aromatic N) is 4. The van der Waals surface area contributed by atoms with Gasteiger partial charge in [-0.1, -0.05) is 48.5 Å². The van der Waals surface area contributed by atoms with Crippen LogP contribution in [0, 0.1) is 0 Å². The van der Waals surface area contributed by atoms with E-state index in [1.165, 1.54) is 0 Å². The standard InChI is InChI=1S/C33H26N6O/c1-38-20-21(18-37-38)17-35-29-16-24(13-14-26(29)33(34)40)39-30-11-5-3-8-27(30)32-25(9-6-12-31(32)39)23-15-22-7-2-4-10-28(22)36-19-23/h2-16,18-20,35H,17H2,1H3,(H2,34,40). The SMILES string of the molecule is Cn1cc(CNc2cc(-n3c4ccccc4c4c(-c5cnc6ccccc6c5)cccc43)ccc2C(N)=O)cn1. The van der Waals surface area contributed by atoms with Crippen LogP contribution in [0.2, 0.25) is 0 Å². The largest absolute Gasteiger partial charge is 0.380 e. The maximum atomic E-state index is 12.3. The highest BCUT2D eigenvalue weighted by Gasteiger charge is 2.18. The number of rotatable bonds is 6. The summed E-state index contributed by atoms with van der Waals surface area (Å²) >= 11 is 0. The van der Waals surface area contributed by atoms with Crippen LogP contribution in [0.5, 0.6) is 0 Å². The maximum absolute atomic E-state index is 12.3. The van der Waals surface area contributed by atoms with Crippen LogP contribution in [0.25, 0.3) is 49.5 Å². The van der Waals surface area contributed by atoms with Gasteiger partial charge < -0.3 is 15.6 Å². The second-order valence-corrected chi connectivity index (χ2v) is 9.94. The summed E-state index contributed by atoms with van der Waals surface area (Å²) in [6.07, 6.45) is 5.69. The molecule has 0 bridgehead atoms. The van der Waals surface area contributed by atoms with E-state index < -0.39 is 5.91 Å². The first-order valence-corrected chi connectivity index (χ1v) is 13.1. The molecule has 194 valence electrons. The number of para-hydroxylation sites is 2. The van der Waals surface area contributed by atoms with Crippen molar-refractivity contribution in [2.75, 3.05) is 5.32 Å². The summed E-state index contributed by atoms with van der Waals surface area (Å²) in [5.41, 5.74) is 14.1. The molecule has 7 nitrogen and oxygen atoms in total. The molecule has 0 radical (unpaired) electrons. The van der Waals surface area contributed by atoms with Crippen molar-refractivity contribution >= 4 is 44.3 Å². The maximum Gasteiger partial charge on any atom is 0.250 e. The second-order valence-electron chi connectivity index (χ2n) is 9.94. The lowest BCUT2D eigenvalue weighted by molar-refractivity contribution is 0.100. The van der Waals surface area contributed by atoms with Crippen molar-refractivity contribution in [3.8, 4) is 16.8 Å². The van der Waals surface area contributed by atoms with E-state index in [0.717, 1.165) is 55.1 Å². The number of aryl methyl sites for hydroxylation is 1. The van der Waals surface area contributed by atoms with Crippen molar-refractivity contribution in [1.29, 1.82) is 0 Å². The zero-order valence-corrected chi connectivity index (χ0v) is 21.9. The minimum Gasteiger partial charge on any atom is -0.380 e. The van der Waals surface area contributed by atoms with Crippen molar-refractivity contribution < 1.29 is 4.79 Å².